The molecule has 158 valence electrons. The van der Waals surface area contributed by atoms with E-state index in [2.05, 4.69) is 9.97 Å². The van der Waals surface area contributed by atoms with Gasteiger partial charge in [-0.15, -0.1) is 0 Å². The number of benzene rings is 1. The zero-order valence-corrected chi connectivity index (χ0v) is 15.6. The van der Waals surface area contributed by atoms with Gasteiger partial charge in [-0.25, -0.2) is 9.37 Å². The number of halogens is 4. The van der Waals surface area contributed by atoms with E-state index in [9.17, 15) is 22.4 Å². The third-order valence-corrected chi connectivity index (χ3v) is 4.97. The van der Waals surface area contributed by atoms with Gasteiger partial charge < -0.3 is 14.4 Å². The molecule has 3 heterocycles. The molecule has 6 nitrogen and oxygen atoms in total. The first kappa shape index (κ1) is 20.1. The highest BCUT2D eigenvalue weighted by molar-refractivity contribution is 5.85. The fourth-order valence-electron chi connectivity index (χ4n) is 3.52. The van der Waals surface area contributed by atoms with E-state index in [-0.39, 0.29) is 30.0 Å². The SMILES string of the molecule is O=C(O)CC1CN(c2nc(CCC(F)(F)F)cnc2-c2cc(F)c3occc3c2)C1. The van der Waals surface area contributed by atoms with Crippen LogP contribution in [0.4, 0.5) is 23.4 Å². The first-order valence-electron chi connectivity index (χ1n) is 9.26. The predicted octanol–water partition coefficient (Wildman–Crippen LogP) is 4.43. The molecule has 10 heteroatoms. The highest BCUT2D eigenvalue weighted by atomic mass is 19.4. The average molecular weight is 423 g/mol. The molecule has 0 spiro atoms. The Kier molecular flexibility index (Phi) is 5.08. The van der Waals surface area contributed by atoms with Gasteiger partial charge in [0.15, 0.2) is 17.2 Å². The maximum Gasteiger partial charge on any atom is 0.389 e. The maximum atomic E-state index is 14.4. The number of anilines is 1. The molecule has 0 atom stereocenters. The maximum absolute atomic E-state index is 14.4. The first-order chi connectivity index (χ1) is 14.2. The molecule has 1 fully saturated rings. The number of carboxylic acid groups (broad SMARTS) is 1. The van der Waals surface area contributed by atoms with E-state index in [1.165, 1.54) is 18.5 Å². The third kappa shape index (κ3) is 4.22. The zero-order valence-electron chi connectivity index (χ0n) is 15.6. The number of aliphatic carboxylic acids is 1. The lowest BCUT2D eigenvalue weighted by Crippen LogP contribution is -2.48. The highest BCUT2D eigenvalue weighted by Gasteiger charge is 2.33. The van der Waals surface area contributed by atoms with Crippen molar-refractivity contribution in [3.63, 3.8) is 0 Å². The van der Waals surface area contributed by atoms with Gasteiger partial charge >= 0.3 is 12.1 Å². The van der Waals surface area contributed by atoms with Gasteiger partial charge in [0.05, 0.1) is 18.4 Å². The summed E-state index contributed by atoms with van der Waals surface area (Å²) < 4.78 is 57.3. The molecule has 0 aliphatic carbocycles. The normalized spacial score (nSPS) is 14.9. The Balaban J connectivity index is 1.68. The Morgan fingerprint density at radius 1 is 1.30 bits per heavy atom. The van der Waals surface area contributed by atoms with Crippen LogP contribution in [0, 0.1) is 11.7 Å². The summed E-state index contributed by atoms with van der Waals surface area (Å²) in [4.78, 5) is 21.3. The molecule has 4 rings (SSSR count). The van der Waals surface area contributed by atoms with Gasteiger partial charge in [0.2, 0.25) is 0 Å². The van der Waals surface area contributed by atoms with Crippen LogP contribution in [-0.4, -0.2) is 40.3 Å². The average Bonchev–Trinajstić information content (AvgIpc) is 3.11. The lowest BCUT2D eigenvalue weighted by molar-refractivity contribution is -0.138. The fraction of sp³-hybridized carbons (Fsp3) is 0.350. The molecule has 30 heavy (non-hydrogen) atoms. The van der Waals surface area contributed by atoms with Gasteiger partial charge in [0, 0.05) is 42.6 Å². The standard InChI is InChI=1S/C20H17F4N3O3/c21-15-7-13(6-12-2-4-30-18(12)15)17-19(27-9-11(10-27)5-16(28)29)26-14(8-25-17)1-3-20(22,23)24/h2,4,6-8,11H,1,3,5,9-10H2,(H,28,29). The Morgan fingerprint density at radius 3 is 2.77 bits per heavy atom. The van der Waals surface area contributed by atoms with E-state index in [4.69, 9.17) is 9.52 Å². The molecule has 0 bridgehead atoms. The van der Waals surface area contributed by atoms with Gasteiger partial charge in [-0.1, -0.05) is 0 Å². The molecule has 0 saturated carbocycles. The van der Waals surface area contributed by atoms with Crippen LogP contribution in [-0.2, 0) is 11.2 Å². The van der Waals surface area contributed by atoms with E-state index in [0.29, 0.717) is 35.6 Å². The van der Waals surface area contributed by atoms with E-state index in [0.717, 1.165) is 0 Å². The topological polar surface area (TPSA) is 79.5 Å². The first-order valence-corrected chi connectivity index (χ1v) is 9.26. The second-order valence-corrected chi connectivity index (χ2v) is 7.31. The monoisotopic (exact) mass is 423 g/mol. The van der Waals surface area contributed by atoms with E-state index in [1.807, 2.05) is 0 Å². The van der Waals surface area contributed by atoms with Crippen molar-refractivity contribution in [3.8, 4) is 11.3 Å². The van der Waals surface area contributed by atoms with Crippen molar-refractivity contribution >= 4 is 22.8 Å². The van der Waals surface area contributed by atoms with Crippen LogP contribution >= 0.6 is 0 Å². The molecular formula is C20H17F4N3O3. The van der Waals surface area contributed by atoms with Crippen LogP contribution < -0.4 is 4.90 Å². The number of hydrogen-bond donors (Lipinski definition) is 1. The van der Waals surface area contributed by atoms with Crippen LogP contribution in [0.5, 0.6) is 0 Å². The summed E-state index contributed by atoms with van der Waals surface area (Å²) in [6, 6.07) is 4.50. The number of fused-ring (bicyclic) bond motifs is 1. The summed E-state index contributed by atoms with van der Waals surface area (Å²) >= 11 is 0. The Labute approximate surface area is 168 Å². The van der Waals surface area contributed by atoms with Crippen LogP contribution in [0.25, 0.3) is 22.2 Å². The number of alkyl halides is 3. The van der Waals surface area contributed by atoms with Crippen molar-refractivity contribution in [2.24, 2.45) is 5.92 Å². The second-order valence-electron chi connectivity index (χ2n) is 7.31. The molecule has 2 aromatic heterocycles. The minimum Gasteiger partial charge on any atom is -0.481 e. The summed E-state index contributed by atoms with van der Waals surface area (Å²) in [6.07, 6.45) is -3.07. The van der Waals surface area contributed by atoms with E-state index < -0.39 is 24.4 Å². The third-order valence-electron chi connectivity index (χ3n) is 4.97. The highest BCUT2D eigenvalue weighted by Crippen LogP contribution is 2.35. The van der Waals surface area contributed by atoms with Gasteiger partial charge in [-0.2, -0.15) is 13.2 Å². The van der Waals surface area contributed by atoms with Crippen LogP contribution in [0.3, 0.4) is 0 Å². The lowest BCUT2D eigenvalue weighted by atomic mass is 9.95. The molecule has 1 aliphatic rings. The number of carbonyl (C=O) groups is 1. The van der Waals surface area contributed by atoms with Crippen molar-refractivity contribution < 1.29 is 31.9 Å². The van der Waals surface area contributed by atoms with Crippen molar-refractivity contribution in [1.29, 1.82) is 0 Å². The number of aryl methyl sites for hydroxylation is 1. The fourth-order valence-corrected chi connectivity index (χ4v) is 3.52. The van der Waals surface area contributed by atoms with E-state index >= 15 is 0 Å². The number of rotatable bonds is 6. The summed E-state index contributed by atoms with van der Waals surface area (Å²) in [6.45, 7) is 0.764. The molecule has 3 aromatic rings. The lowest BCUT2D eigenvalue weighted by Gasteiger charge is -2.40. The molecule has 1 aromatic carbocycles. The van der Waals surface area contributed by atoms with Crippen molar-refractivity contribution in [2.45, 2.75) is 25.4 Å². The Bertz CT molecular complexity index is 1090. The molecule has 0 amide bonds. The van der Waals surface area contributed by atoms with Crippen molar-refractivity contribution in [3.05, 3.63) is 42.2 Å². The van der Waals surface area contributed by atoms with Crippen LogP contribution in [0.15, 0.2) is 35.1 Å². The smallest absolute Gasteiger partial charge is 0.389 e. The van der Waals surface area contributed by atoms with Gasteiger partial charge in [0.25, 0.3) is 0 Å². The predicted molar refractivity (Wildman–Crippen MR) is 99.5 cm³/mol. The number of nitrogens with zero attached hydrogens (tertiary/aromatic N) is 3. The molecule has 0 unspecified atom stereocenters. The number of furan rings is 1. The van der Waals surface area contributed by atoms with Gasteiger partial charge in [-0.05, 0) is 24.6 Å². The Morgan fingerprint density at radius 2 is 2.07 bits per heavy atom. The summed E-state index contributed by atoms with van der Waals surface area (Å²) in [5.74, 6) is -1.28. The summed E-state index contributed by atoms with van der Waals surface area (Å²) in [5.41, 5.74) is 0.993. The minimum absolute atomic E-state index is 0.0113. The summed E-state index contributed by atoms with van der Waals surface area (Å²) in [5, 5.41) is 9.46. The largest absolute Gasteiger partial charge is 0.481 e. The minimum atomic E-state index is -4.32. The Hall–Kier alpha value is -3.17. The van der Waals surface area contributed by atoms with Gasteiger partial charge in [-0.3, -0.25) is 9.78 Å². The summed E-state index contributed by atoms with van der Waals surface area (Å²) in [7, 11) is 0. The molecule has 1 aliphatic heterocycles. The molecule has 0 radical (unpaired) electrons. The number of hydrogen-bond acceptors (Lipinski definition) is 5. The number of carboxylic acids is 1. The van der Waals surface area contributed by atoms with Crippen LogP contribution in [0.1, 0.15) is 18.5 Å². The second kappa shape index (κ2) is 7.58. The van der Waals surface area contributed by atoms with Crippen molar-refractivity contribution in [2.75, 3.05) is 18.0 Å². The quantitative estimate of drug-likeness (QED) is 0.591. The van der Waals surface area contributed by atoms with E-state index in [1.54, 1.807) is 17.0 Å². The van der Waals surface area contributed by atoms with Gasteiger partial charge in [0.1, 0.15) is 5.69 Å². The molecular weight excluding hydrogens is 406 g/mol. The molecule has 1 N–H and O–H groups in total. The molecule has 1 saturated heterocycles. The number of aromatic nitrogens is 2. The zero-order chi connectivity index (χ0) is 21.5. The van der Waals surface area contributed by atoms with Crippen molar-refractivity contribution in [1.82, 2.24) is 9.97 Å². The van der Waals surface area contributed by atoms with Crippen LogP contribution in [0.2, 0.25) is 0 Å².